The van der Waals surface area contributed by atoms with Crippen molar-refractivity contribution in [1.29, 1.82) is 0 Å². The van der Waals surface area contributed by atoms with Gasteiger partial charge in [-0.2, -0.15) is 0 Å². The fourth-order valence-electron chi connectivity index (χ4n) is 1.40. The third kappa shape index (κ3) is 3.44. The molecule has 4 heteroatoms. The highest BCUT2D eigenvalue weighted by molar-refractivity contribution is 14.1. The summed E-state index contributed by atoms with van der Waals surface area (Å²) in [6.45, 7) is 0. The van der Waals surface area contributed by atoms with E-state index in [1.54, 1.807) is 30.3 Å². The van der Waals surface area contributed by atoms with Crippen molar-refractivity contribution in [3.05, 3.63) is 62.7 Å². The zero-order chi connectivity index (χ0) is 12.3. The Morgan fingerprint density at radius 2 is 1.88 bits per heavy atom. The number of amides is 1. The summed E-state index contributed by atoms with van der Waals surface area (Å²) in [5.74, 6) is -0.134. The Balaban J connectivity index is 2.17. The zero-order valence-corrected chi connectivity index (χ0v) is 11.7. The third-order valence-corrected chi connectivity index (χ3v) is 3.08. The third-order valence-electron chi connectivity index (χ3n) is 2.17. The van der Waals surface area contributed by atoms with Crippen LogP contribution in [-0.2, 0) is 0 Å². The zero-order valence-electron chi connectivity index (χ0n) is 8.78. The highest BCUT2D eigenvalue weighted by Crippen LogP contribution is 2.16. The van der Waals surface area contributed by atoms with Crippen LogP contribution in [-0.4, -0.2) is 5.91 Å². The molecule has 0 aliphatic rings. The van der Waals surface area contributed by atoms with Gasteiger partial charge in [0.1, 0.15) is 0 Å². The lowest BCUT2D eigenvalue weighted by Gasteiger charge is -2.05. The van der Waals surface area contributed by atoms with E-state index >= 15 is 0 Å². The monoisotopic (exact) mass is 357 g/mol. The molecule has 1 amide bonds. The van der Waals surface area contributed by atoms with Gasteiger partial charge in [0, 0.05) is 19.8 Å². The van der Waals surface area contributed by atoms with E-state index in [1.807, 2.05) is 18.2 Å². The predicted octanol–water partition coefficient (Wildman–Crippen LogP) is 4.20. The number of rotatable bonds is 2. The lowest BCUT2D eigenvalue weighted by atomic mass is 10.2. The minimum absolute atomic E-state index is 0.134. The van der Waals surface area contributed by atoms with Gasteiger partial charge in [-0.25, -0.2) is 0 Å². The van der Waals surface area contributed by atoms with E-state index in [4.69, 9.17) is 11.6 Å². The number of nitrogens with one attached hydrogen (secondary N) is 1. The Bertz CT molecular complexity index is 557. The summed E-state index contributed by atoms with van der Waals surface area (Å²) >= 11 is 8.02. The van der Waals surface area contributed by atoms with Gasteiger partial charge in [-0.1, -0.05) is 23.7 Å². The van der Waals surface area contributed by atoms with Gasteiger partial charge in [0.2, 0.25) is 0 Å². The summed E-state index contributed by atoms with van der Waals surface area (Å²) in [7, 11) is 0. The summed E-state index contributed by atoms with van der Waals surface area (Å²) in [4.78, 5) is 11.9. The molecule has 0 heterocycles. The van der Waals surface area contributed by atoms with Crippen LogP contribution in [0.4, 0.5) is 5.69 Å². The SMILES string of the molecule is O=C(Nc1cccc(Cl)c1)c1cccc(I)c1. The van der Waals surface area contributed by atoms with Crippen molar-refractivity contribution < 1.29 is 4.79 Å². The van der Waals surface area contributed by atoms with E-state index in [2.05, 4.69) is 27.9 Å². The van der Waals surface area contributed by atoms with Crippen molar-refractivity contribution >= 4 is 45.8 Å². The Morgan fingerprint density at radius 3 is 2.59 bits per heavy atom. The molecular weight excluding hydrogens is 349 g/mol. The highest BCUT2D eigenvalue weighted by atomic mass is 127. The van der Waals surface area contributed by atoms with Crippen LogP contribution in [0.2, 0.25) is 5.02 Å². The number of hydrogen-bond acceptors (Lipinski definition) is 1. The van der Waals surface area contributed by atoms with Crippen LogP contribution in [0.1, 0.15) is 10.4 Å². The highest BCUT2D eigenvalue weighted by Gasteiger charge is 2.06. The summed E-state index contributed by atoms with van der Waals surface area (Å²) < 4.78 is 1.03. The Labute approximate surface area is 118 Å². The van der Waals surface area contributed by atoms with Crippen molar-refractivity contribution in [2.24, 2.45) is 0 Å². The van der Waals surface area contributed by atoms with E-state index in [0.29, 0.717) is 16.3 Å². The maximum absolute atomic E-state index is 11.9. The second-order valence-corrected chi connectivity index (χ2v) is 5.16. The first-order valence-corrected chi connectivity index (χ1v) is 6.43. The van der Waals surface area contributed by atoms with Crippen LogP contribution in [0, 0.1) is 3.57 Å². The van der Waals surface area contributed by atoms with E-state index < -0.39 is 0 Å². The summed E-state index contributed by atoms with van der Waals surface area (Å²) in [6, 6.07) is 14.5. The molecular formula is C13H9ClINO. The molecule has 0 aromatic heterocycles. The molecule has 0 atom stereocenters. The fraction of sp³-hybridized carbons (Fsp3) is 0. The van der Waals surface area contributed by atoms with Gasteiger partial charge in [0.25, 0.3) is 5.91 Å². The standard InChI is InChI=1S/C13H9ClINO/c14-10-4-2-6-12(8-10)16-13(17)9-3-1-5-11(15)7-9/h1-8H,(H,16,17). The molecule has 2 aromatic carbocycles. The fourth-order valence-corrected chi connectivity index (χ4v) is 2.13. The molecule has 0 spiro atoms. The average molecular weight is 358 g/mol. The minimum atomic E-state index is -0.134. The molecule has 2 rings (SSSR count). The molecule has 1 N–H and O–H groups in total. The molecule has 0 unspecified atom stereocenters. The lowest BCUT2D eigenvalue weighted by molar-refractivity contribution is 0.102. The van der Waals surface area contributed by atoms with Crippen molar-refractivity contribution in [2.75, 3.05) is 5.32 Å². The van der Waals surface area contributed by atoms with Crippen molar-refractivity contribution in [3.8, 4) is 0 Å². The van der Waals surface area contributed by atoms with E-state index in [9.17, 15) is 4.79 Å². The van der Waals surface area contributed by atoms with Crippen LogP contribution in [0.3, 0.4) is 0 Å². The largest absolute Gasteiger partial charge is 0.322 e. The number of hydrogen-bond donors (Lipinski definition) is 1. The molecule has 0 bridgehead atoms. The van der Waals surface area contributed by atoms with Crippen LogP contribution in [0.15, 0.2) is 48.5 Å². The number of halogens is 2. The normalized spacial score (nSPS) is 10.0. The minimum Gasteiger partial charge on any atom is -0.322 e. The molecule has 2 nitrogen and oxygen atoms in total. The quantitative estimate of drug-likeness (QED) is 0.802. The summed E-state index contributed by atoms with van der Waals surface area (Å²) in [6.07, 6.45) is 0. The second kappa shape index (κ2) is 5.51. The van der Waals surface area contributed by atoms with Gasteiger partial charge >= 0.3 is 0 Å². The number of benzene rings is 2. The molecule has 0 aliphatic heterocycles. The van der Waals surface area contributed by atoms with Crippen LogP contribution >= 0.6 is 34.2 Å². The molecule has 0 fully saturated rings. The topological polar surface area (TPSA) is 29.1 Å². The van der Waals surface area contributed by atoms with Crippen molar-refractivity contribution in [3.63, 3.8) is 0 Å². The summed E-state index contributed by atoms with van der Waals surface area (Å²) in [5.41, 5.74) is 1.33. The molecule has 0 saturated carbocycles. The molecule has 0 radical (unpaired) electrons. The van der Waals surface area contributed by atoms with Gasteiger partial charge in [-0.05, 0) is 59.0 Å². The van der Waals surface area contributed by atoms with Gasteiger partial charge in [0.05, 0.1) is 0 Å². The van der Waals surface area contributed by atoms with Gasteiger partial charge in [0.15, 0.2) is 0 Å². The number of carbonyl (C=O) groups is 1. The molecule has 17 heavy (non-hydrogen) atoms. The first-order chi connectivity index (χ1) is 8.15. The average Bonchev–Trinajstić information content (AvgIpc) is 2.29. The predicted molar refractivity (Wildman–Crippen MR) is 78.6 cm³/mol. The van der Waals surface area contributed by atoms with Crippen LogP contribution in [0.5, 0.6) is 0 Å². The molecule has 86 valence electrons. The van der Waals surface area contributed by atoms with E-state index in [0.717, 1.165) is 3.57 Å². The van der Waals surface area contributed by atoms with Crippen LogP contribution in [0.25, 0.3) is 0 Å². The summed E-state index contributed by atoms with van der Waals surface area (Å²) in [5, 5.41) is 3.40. The Morgan fingerprint density at radius 1 is 1.12 bits per heavy atom. The van der Waals surface area contributed by atoms with Crippen molar-refractivity contribution in [2.45, 2.75) is 0 Å². The Kier molecular flexibility index (Phi) is 4.02. The lowest BCUT2D eigenvalue weighted by Crippen LogP contribution is -2.11. The number of carbonyl (C=O) groups excluding carboxylic acids is 1. The molecule has 0 saturated heterocycles. The number of anilines is 1. The van der Waals surface area contributed by atoms with Gasteiger partial charge in [-0.15, -0.1) is 0 Å². The van der Waals surface area contributed by atoms with E-state index in [-0.39, 0.29) is 5.91 Å². The van der Waals surface area contributed by atoms with Gasteiger partial charge < -0.3 is 5.32 Å². The Hall–Kier alpha value is -1.07. The second-order valence-electron chi connectivity index (χ2n) is 3.47. The first-order valence-electron chi connectivity index (χ1n) is 4.97. The maximum atomic E-state index is 11.9. The first kappa shape index (κ1) is 12.4. The maximum Gasteiger partial charge on any atom is 0.255 e. The smallest absolute Gasteiger partial charge is 0.255 e. The van der Waals surface area contributed by atoms with Gasteiger partial charge in [-0.3, -0.25) is 4.79 Å². The van der Waals surface area contributed by atoms with Crippen molar-refractivity contribution in [1.82, 2.24) is 0 Å². The van der Waals surface area contributed by atoms with E-state index in [1.165, 1.54) is 0 Å². The molecule has 0 aliphatic carbocycles. The van der Waals surface area contributed by atoms with Crippen LogP contribution < -0.4 is 5.32 Å². The molecule has 2 aromatic rings.